The molecule has 134 valence electrons. The zero-order valence-electron chi connectivity index (χ0n) is 13.5. The number of piperidine rings is 1. The topological polar surface area (TPSA) is 87.5 Å². The maximum absolute atomic E-state index is 12.8. The van der Waals surface area contributed by atoms with E-state index in [9.17, 15) is 14.0 Å². The Balaban J connectivity index is 0.00000288. The molecule has 0 radical (unpaired) electrons. The number of nitrogens with zero attached hydrogens (tertiary/aromatic N) is 1. The molecule has 1 aromatic carbocycles. The second kappa shape index (κ2) is 10.1. The smallest absolute Gasteiger partial charge is 0.319 e. The molecule has 1 heterocycles. The maximum Gasteiger partial charge on any atom is 0.319 e. The van der Waals surface area contributed by atoms with Crippen LogP contribution in [-0.4, -0.2) is 42.5 Å². The Morgan fingerprint density at radius 2 is 1.83 bits per heavy atom. The molecular formula is C16H24ClFN4O2. The van der Waals surface area contributed by atoms with E-state index in [1.54, 1.807) is 0 Å². The van der Waals surface area contributed by atoms with Crippen LogP contribution in [0.1, 0.15) is 25.7 Å². The predicted octanol–water partition coefficient (Wildman–Crippen LogP) is 2.10. The molecule has 1 aromatic rings. The molecule has 0 spiro atoms. The number of halogens is 2. The zero-order chi connectivity index (χ0) is 16.7. The van der Waals surface area contributed by atoms with Crippen molar-refractivity contribution in [3.63, 3.8) is 0 Å². The lowest BCUT2D eigenvalue weighted by Gasteiger charge is -2.32. The SMILES string of the molecule is Cl.NCCCC(=O)N1CCC(NC(=O)Nc2ccc(F)cc2)CC1. The first-order valence-electron chi connectivity index (χ1n) is 7.89. The lowest BCUT2D eigenvalue weighted by molar-refractivity contribution is -0.132. The summed E-state index contributed by atoms with van der Waals surface area (Å²) in [5, 5.41) is 5.55. The highest BCUT2D eigenvalue weighted by molar-refractivity contribution is 5.89. The Morgan fingerprint density at radius 1 is 1.21 bits per heavy atom. The normalized spacial score (nSPS) is 14.7. The average molecular weight is 359 g/mol. The minimum atomic E-state index is -0.345. The molecule has 1 saturated heterocycles. The Kier molecular flexibility index (Phi) is 8.49. The average Bonchev–Trinajstić information content (AvgIpc) is 2.55. The summed E-state index contributed by atoms with van der Waals surface area (Å²) < 4.78 is 12.8. The highest BCUT2D eigenvalue weighted by Crippen LogP contribution is 2.13. The van der Waals surface area contributed by atoms with Crippen LogP contribution in [-0.2, 0) is 4.79 Å². The van der Waals surface area contributed by atoms with Crippen molar-refractivity contribution in [1.82, 2.24) is 10.2 Å². The molecule has 24 heavy (non-hydrogen) atoms. The summed E-state index contributed by atoms with van der Waals surface area (Å²) in [6.45, 7) is 1.81. The fourth-order valence-electron chi connectivity index (χ4n) is 2.57. The second-order valence-corrected chi connectivity index (χ2v) is 5.65. The van der Waals surface area contributed by atoms with Crippen LogP contribution in [0.25, 0.3) is 0 Å². The minimum Gasteiger partial charge on any atom is -0.343 e. The summed E-state index contributed by atoms with van der Waals surface area (Å²) >= 11 is 0. The monoisotopic (exact) mass is 358 g/mol. The number of urea groups is 1. The van der Waals surface area contributed by atoms with Gasteiger partial charge in [-0.3, -0.25) is 4.79 Å². The molecule has 0 aromatic heterocycles. The summed E-state index contributed by atoms with van der Waals surface area (Å²) in [5.41, 5.74) is 5.95. The first-order valence-corrected chi connectivity index (χ1v) is 7.89. The zero-order valence-corrected chi connectivity index (χ0v) is 14.3. The molecule has 0 atom stereocenters. The van der Waals surface area contributed by atoms with Crippen LogP contribution >= 0.6 is 12.4 Å². The van der Waals surface area contributed by atoms with E-state index in [-0.39, 0.29) is 36.2 Å². The first kappa shape index (κ1) is 20.2. The van der Waals surface area contributed by atoms with Crippen molar-refractivity contribution in [2.75, 3.05) is 25.0 Å². The van der Waals surface area contributed by atoms with Crippen LogP contribution in [0.4, 0.5) is 14.9 Å². The summed E-state index contributed by atoms with van der Waals surface area (Å²) in [4.78, 5) is 25.6. The number of nitrogens with two attached hydrogens (primary N) is 1. The fourth-order valence-corrected chi connectivity index (χ4v) is 2.57. The van der Waals surface area contributed by atoms with Crippen LogP contribution in [0.5, 0.6) is 0 Å². The predicted molar refractivity (Wildman–Crippen MR) is 93.7 cm³/mol. The first-order chi connectivity index (χ1) is 11.1. The number of amides is 3. The van der Waals surface area contributed by atoms with Crippen LogP contribution in [0.2, 0.25) is 0 Å². The van der Waals surface area contributed by atoms with Gasteiger partial charge in [-0.1, -0.05) is 0 Å². The van der Waals surface area contributed by atoms with Gasteiger partial charge < -0.3 is 21.3 Å². The number of likely N-dealkylation sites (tertiary alicyclic amines) is 1. The number of carbonyl (C=O) groups excluding carboxylic acids is 2. The molecular weight excluding hydrogens is 335 g/mol. The van der Waals surface area contributed by atoms with Gasteiger partial charge in [-0.2, -0.15) is 0 Å². The van der Waals surface area contributed by atoms with Gasteiger partial charge in [0.15, 0.2) is 0 Å². The number of rotatable bonds is 5. The van der Waals surface area contributed by atoms with Crippen molar-refractivity contribution in [3.05, 3.63) is 30.1 Å². The Hall–Kier alpha value is -1.86. The van der Waals surface area contributed by atoms with E-state index in [0.717, 1.165) is 12.8 Å². The van der Waals surface area contributed by atoms with Crippen LogP contribution < -0.4 is 16.4 Å². The molecule has 4 N–H and O–H groups in total. The van der Waals surface area contributed by atoms with Gasteiger partial charge in [0.1, 0.15) is 5.82 Å². The van der Waals surface area contributed by atoms with Crippen LogP contribution in [0.15, 0.2) is 24.3 Å². The second-order valence-electron chi connectivity index (χ2n) is 5.65. The Bertz CT molecular complexity index is 533. The molecule has 0 aliphatic carbocycles. The number of carbonyl (C=O) groups is 2. The van der Waals surface area contributed by atoms with E-state index in [1.807, 2.05) is 4.90 Å². The number of hydrogen-bond donors (Lipinski definition) is 3. The van der Waals surface area contributed by atoms with Crippen LogP contribution in [0, 0.1) is 5.82 Å². The molecule has 6 nitrogen and oxygen atoms in total. The lowest BCUT2D eigenvalue weighted by atomic mass is 10.0. The Morgan fingerprint density at radius 3 is 2.42 bits per heavy atom. The fraction of sp³-hybridized carbons (Fsp3) is 0.500. The van der Waals surface area contributed by atoms with Crippen molar-refractivity contribution in [1.29, 1.82) is 0 Å². The molecule has 0 unspecified atom stereocenters. The lowest BCUT2D eigenvalue weighted by Crippen LogP contribution is -2.47. The number of benzene rings is 1. The summed E-state index contributed by atoms with van der Waals surface area (Å²) in [6, 6.07) is 5.32. The van der Waals surface area contributed by atoms with Crippen molar-refractivity contribution >= 4 is 30.0 Å². The van der Waals surface area contributed by atoms with Crippen molar-refractivity contribution in [2.24, 2.45) is 5.73 Å². The van der Waals surface area contributed by atoms with E-state index in [2.05, 4.69) is 10.6 Å². The number of hydrogen-bond acceptors (Lipinski definition) is 3. The van der Waals surface area contributed by atoms with E-state index < -0.39 is 0 Å². The molecule has 1 aliphatic heterocycles. The van der Waals surface area contributed by atoms with Gasteiger partial charge in [0, 0.05) is 31.2 Å². The van der Waals surface area contributed by atoms with Gasteiger partial charge in [-0.25, -0.2) is 9.18 Å². The molecule has 8 heteroatoms. The summed E-state index contributed by atoms with van der Waals surface area (Å²) in [6.07, 6.45) is 2.65. The molecule has 1 aliphatic rings. The van der Waals surface area contributed by atoms with E-state index in [4.69, 9.17) is 5.73 Å². The molecule has 0 saturated carbocycles. The van der Waals surface area contributed by atoms with Crippen molar-refractivity contribution < 1.29 is 14.0 Å². The Labute approximate surface area is 147 Å². The highest BCUT2D eigenvalue weighted by Gasteiger charge is 2.23. The van der Waals surface area contributed by atoms with E-state index in [1.165, 1.54) is 24.3 Å². The van der Waals surface area contributed by atoms with Gasteiger partial charge in [0.05, 0.1) is 0 Å². The maximum atomic E-state index is 12.8. The third kappa shape index (κ3) is 6.33. The number of anilines is 1. The van der Waals surface area contributed by atoms with Gasteiger partial charge in [0.25, 0.3) is 0 Å². The van der Waals surface area contributed by atoms with Gasteiger partial charge in [0.2, 0.25) is 5.91 Å². The standard InChI is InChI=1S/C16H23FN4O2.ClH/c17-12-3-5-13(6-4-12)19-16(23)20-14-7-10-21(11-8-14)15(22)2-1-9-18;/h3-6,14H,1-2,7-11,18H2,(H2,19,20,23);1H. The van der Waals surface area contributed by atoms with Crippen molar-refractivity contribution in [2.45, 2.75) is 31.7 Å². The molecule has 2 rings (SSSR count). The van der Waals surface area contributed by atoms with Gasteiger partial charge in [-0.05, 0) is 50.1 Å². The third-order valence-electron chi connectivity index (χ3n) is 3.88. The van der Waals surface area contributed by atoms with Crippen LogP contribution in [0.3, 0.4) is 0 Å². The third-order valence-corrected chi connectivity index (χ3v) is 3.88. The largest absolute Gasteiger partial charge is 0.343 e. The molecule has 3 amide bonds. The minimum absolute atomic E-state index is 0. The molecule has 0 bridgehead atoms. The summed E-state index contributed by atoms with van der Waals surface area (Å²) in [5.74, 6) is -0.215. The van der Waals surface area contributed by atoms with Gasteiger partial charge in [-0.15, -0.1) is 12.4 Å². The number of nitrogens with one attached hydrogen (secondary N) is 2. The molecule has 1 fully saturated rings. The quantitative estimate of drug-likeness (QED) is 0.753. The van der Waals surface area contributed by atoms with Crippen molar-refractivity contribution in [3.8, 4) is 0 Å². The highest BCUT2D eigenvalue weighted by atomic mass is 35.5. The van der Waals surface area contributed by atoms with E-state index in [0.29, 0.717) is 38.2 Å². The van der Waals surface area contributed by atoms with E-state index >= 15 is 0 Å². The van der Waals surface area contributed by atoms with Gasteiger partial charge >= 0.3 is 6.03 Å². The summed E-state index contributed by atoms with van der Waals surface area (Å²) in [7, 11) is 0.